The summed E-state index contributed by atoms with van der Waals surface area (Å²) in [4.78, 5) is 10.9. The van der Waals surface area contributed by atoms with E-state index in [1.54, 1.807) is 18.2 Å². The second kappa shape index (κ2) is 5.83. The fourth-order valence-electron chi connectivity index (χ4n) is 3.80. The number of allylic oxidation sites excluding steroid dienone is 2. The number of carboxylic acids is 1. The van der Waals surface area contributed by atoms with Gasteiger partial charge in [0.1, 0.15) is 0 Å². The van der Waals surface area contributed by atoms with Gasteiger partial charge in [-0.05, 0) is 35.6 Å². The molecule has 0 saturated heterocycles. The highest BCUT2D eigenvalue weighted by Crippen LogP contribution is 2.52. The van der Waals surface area contributed by atoms with Crippen molar-refractivity contribution in [2.24, 2.45) is 5.92 Å². The molecule has 0 spiro atoms. The molecule has 1 N–H and O–H groups in total. The molecule has 0 aromatic heterocycles. The quantitative estimate of drug-likeness (QED) is 0.819. The Morgan fingerprint density at radius 2 is 1.92 bits per heavy atom. The Balaban J connectivity index is 1.76. The number of carboxylic acid groups (broad SMARTS) is 1. The lowest BCUT2D eigenvalue weighted by Crippen LogP contribution is -2.29. The molecule has 2 aromatic carbocycles. The minimum Gasteiger partial charge on any atom is -0.545 e. The van der Waals surface area contributed by atoms with E-state index in [0.29, 0.717) is 16.0 Å². The molecule has 2 aromatic rings. The molecule has 3 nitrogen and oxygen atoms in total. The number of hydrogen-bond acceptors (Lipinski definition) is 3. The molecule has 1 heterocycles. The lowest BCUT2D eigenvalue weighted by atomic mass is 9.77. The number of carbonyl (C=O) groups is 1. The van der Waals surface area contributed by atoms with Crippen LogP contribution in [-0.4, -0.2) is 5.97 Å². The van der Waals surface area contributed by atoms with Gasteiger partial charge in [-0.3, -0.25) is 0 Å². The molecule has 1 aliphatic heterocycles. The normalized spacial score (nSPS) is 24.2. The second-order valence-corrected chi connectivity index (χ2v) is 7.08. The summed E-state index contributed by atoms with van der Waals surface area (Å²) in [5, 5.41) is 15.8. The van der Waals surface area contributed by atoms with Crippen molar-refractivity contribution in [3.63, 3.8) is 0 Å². The van der Waals surface area contributed by atoms with E-state index < -0.39 is 5.97 Å². The van der Waals surface area contributed by atoms with Gasteiger partial charge in [-0.15, -0.1) is 0 Å². The molecule has 3 atom stereocenters. The zero-order valence-electron chi connectivity index (χ0n) is 12.6. The summed E-state index contributed by atoms with van der Waals surface area (Å²) in [5.74, 6) is -0.593. The highest BCUT2D eigenvalue weighted by molar-refractivity contribution is 6.35. The average molecular weight is 359 g/mol. The Kier molecular flexibility index (Phi) is 3.78. The summed E-state index contributed by atoms with van der Waals surface area (Å²) in [7, 11) is 0. The largest absolute Gasteiger partial charge is 0.545 e. The zero-order valence-corrected chi connectivity index (χ0v) is 14.1. The molecule has 24 heavy (non-hydrogen) atoms. The zero-order chi connectivity index (χ0) is 16.8. The SMILES string of the molecule is O=C([O-])c1ccc([C@H]2Nc3cc(Cl)cc(Cl)c3[C@H]3C=CC[C@H]32)cc1. The van der Waals surface area contributed by atoms with Gasteiger partial charge in [0.25, 0.3) is 0 Å². The maximum absolute atomic E-state index is 10.9. The molecule has 0 bridgehead atoms. The number of aromatic carboxylic acids is 1. The average Bonchev–Trinajstić information content (AvgIpc) is 3.02. The van der Waals surface area contributed by atoms with Gasteiger partial charge >= 0.3 is 0 Å². The van der Waals surface area contributed by atoms with Gasteiger partial charge in [0, 0.05) is 27.2 Å². The highest BCUT2D eigenvalue weighted by atomic mass is 35.5. The smallest absolute Gasteiger partial charge is 0.0715 e. The molecule has 2 aliphatic rings. The van der Waals surface area contributed by atoms with Gasteiger partial charge in [-0.25, -0.2) is 0 Å². The third kappa shape index (κ3) is 2.48. The Labute approximate surface area is 149 Å². The molecular formula is C19H14Cl2NO2-. The van der Waals surface area contributed by atoms with Gasteiger partial charge in [0.05, 0.1) is 12.0 Å². The van der Waals surface area contributed by atoms with Gasteiger partial charge in [-0.1, -0.05) is 59.6 Å². The number of halogens is 2. The molecule has 0 radical (unpaired) electrons. The standard InChI is InChI=1S/C19H15Cl2NO2/c20-12-8-15(21)17-13-2-1-3-14(13)18(22-16(17)9-12)10-4-6-11(7-5-10)19(23)24/h1-2,4-9,13-14,18,22H,3H2,(H,23,24)/p-1/t13-,14+,18+/m0/s1. The van der Waals surface area contributed by atoms with Crippen LogP contribution in [0.2, 0.25) is 10.0 Å². The topological polar surface area (TPSA) is 52.2 Å². The second-order valence-electron chi connectivity index (χ2n) is 6.23. The van der Waals surface area contributed by atoms with Crippen molar-refractivity contribution >= 4 is 34.9 Å². The molecule has 0 unspecified atom stereocenters. The van der Waals surface area contributed by atoms with Crippen molar-refractivity contribution in [1.82, 2.24) is 0 Å². The number of benzene rings is 2. The van der Waals surface area contributed by atoms with E-state index in [0.717, 1.165) is 23.2 Å². The van der Waals surface area contributed by atoms with E-state index in [2.05, 4.69) is 17.5 Å². The van der Waals surface area contributed by atoms with Crippen molar-refractivity contribution in [3.8, 4) is 0 Å². The molecule has 0 amide bonds. The summed E-state index contributed by atoms with van der Waals surface area (Å²) < 4.78 is 0. The van der Waals surface area contributed by atoms with Crippen molar-refractivity contribution in [2.45, 2.75) is 18.4 Å². The highest BCUT2D eigenvalue weighted by Gasteiger charge is 2.39. The van der Waals surface area contributed by atoms with E-state index in [9.17, 15) is 9.90 Å². The van der Waals surface area contributed by atoms with Crippen LogP contribution in [0.1, 0.15) is 39.9 Å². The number of anilines is 1. The van der Waals surface area contributed by atoms with Crippen molar-refractivity contribution in [3.05, 3.63) is 75.3 Å². The van der Waals surface area contributed by atoms with E-state index >= 15 is 0 Å². The van der Waals surface area contributed by atoms with Crippen molar-refractivity contribution < 1.29 is 9.90 Å². The fraction of sp³-hybridized carbons (Fsp3) is 0.211. The first-order valence-electron chi connectivity index (χ1n) is 7.78. The predicted octanol–water partition coefficient (Wildman–Crippen LogP) is 4.18. The molecule has 0 fully saturated rings. The molecule has 122 valence electrons. The molecular weight excluding hydrogens is 345 g/mol. The summed E-state index contributed by atoms with van der Waals surface area (Å²) in [5.41, 5.74) is 3.25. The van der Waals surface area contributed by atoms with Gasteiger partial charge in [0.15, 0.2) is 0 Å². The summed E-state index contributed by atoms with van der Waals surface area (Å²) >= 11 is 12.6. The maximum atomic E-state index is 10.9. The van der Waals surface area contributed by atoms with E-state index in [4.69, 9.17) is 23.2 Å². The Bertz CT molecular complexity index is 845. The fourth-order valence-corrected chi connectivity index (χ4v) is 4.42. The monoisotopic (exact) mass is 358 g/mol. The minimum absolute atomic E-state index is 0.0721. The summed E-state index contributed by atoms with van der Waals surface area (Å²) in [6, 6.07) is 10.6. The van der Waals surface area contributed by atoms with Crippen LogP contribution in [0.15, 0.2) is 48.6 Å². The molecule has 1 aliphatic carbocycles. The van der Waals surface area contributed by atoms with Crippen LogP contribution in [0.3, 0.4) is 0 Å². The first kappa shape index (κ1) is 15.6. The van der Waals surface area contributed by atoms with Crippen LogP contribution in [-0.2, 0) is 0 Å². The Morgan fingerprint density at radius 1 is 1.17 bits per heavy atom. The molecule has 5 heteroatoms. The summed E-state index contributed by atoms with van der Waals surface area (Å²) in [6.45, 7) is 0. The first-order chi connectivity index (χ1) is 11.5. The van der Waals surface area contributed by atoms with E-state index in [1.165, 1.54) is 0 Å². The Hall–Kier alpha value is -1.97. The maximum Gasteiger partial charge on any atom is 0.0715 e. The number of rotatable bonds is 2. The third-order valence-corrected chi connectivity index (χ3v) is 5.42. The van der Waals surface area contributed by atoms with Crippen LogP contribution in [0.5, 0.6) is 0 Å². The lowest BCUT2D eigenvalue weighted by Gasteiger charge is -2.38. The summed E-state index contributed by atoms with van der Waals surface area (Å²) in [6.07, 6.45) is 5.33. The number of nitrogens with one attached hydrogen (secondary N) is 1. The van der Waals surface area contributed by atoms with Crippen LogP contribution in [0.4, 0.5) is 5.69 Å². The van der Waals surface area contributed by atoms with Gasteiger partial charge in [0.2, 0.25) is 0 Å². The van der Waals surface area contributed by atoms with Crippen molar-refractivity contribution in [1.29, 1.82) is 0 Å². The van der Waals surface area contributed by atoms with E-state index in [-0.39, 0.29) is 17.5 Å². The van der Waals surface area contributed by atoms with Crippen LogP contribution < -0.4 is 10.4 Å². The lowest BCUT2D eigenvalue weighted by molar-refractivity contribution is -0.255. The third-order valence-electron chi connectivity index (χ3n) is 4.89. The molecule has 0 saturated carbocycles. The first-order valence-corrected chi connectivity index (χ1v) is 8.53. The predicted molar refractivity (Wildman–Crippen MR) is 93.6 cm³/mol. The van der Waals surface area contributed by atoms with Gasteiger partial charge < -0.3 is 15.2 Å². The number of hydrogen-bond donors (Lipinski definition) is 1. The van der Waals surface area contributed by atoms with Crippen molar-refractivity contribution in [2.75, 3.05) is 5.32 Å². The van der Waals surface area contributed by atoms with Crippen LogP contribution in [0, 0.1) is 5.92 Å². The number of fused-ring (bicyclic) bond motifs is 3. The van der Waals surface area contributed by atoms with Crippen LogP contribution in [0.25, 0.3) is 0 Å². The van der Waals surface area contributed by atoms with Crippen LogP contribution >= 0.6 is 23.2 Å². The molecule has 4 rings (SSSR count). The Morgan fingerprint density at radius 3 is 2.62 bits per heavy atom. The number of carbonyl (C=O) groups excluding carboxylic acids is 1. The minimum atomic E-state index is -1.16. The van der Waals surface area contributed by atoms with Gasteiger partial charge in [-0.2, -0.15) is 0 Å². The van der Waals surface area contributed by atoms with E-state index in [1.807, 2.05) is 18.2 Å².